The maximum absolute atomic E-state index is 11.3. The van der Waals surface area contributed by atoms with E-state index in [1.54, 1.807) is 25.3 Å². The van der Waals surface area contributed by atoms with Crippen molar-refractivity contribution >= 4 is 17.6 Å². The van der Waals surface area contributed by atoms with Crippen LogP contribution in [0.15, 0.2) is 44.4 Å². The fourth-order valence-corrected chi connectivity index (χ4v) is 2.16. The maximum Gasteiger partial charge on any atom is 0.251 e. The van der Waals surface area contributed by atoms with Gasteiger partial charge in [-0.15, -0.1) is 0 Å². The topological polar surface area (TPSA) is 117 Å². The van der Waals surface area contributed by atoms with Gasteiger partial charge in [-0.3, -0.25) is 9.78 Å². The number of nitrogens with zero attached hydrogens (tertiary/aromatic N) is 3. The first-order valence-corrected chi connectivity index (χ1v) is 6.10. The third-order valence-electron chi connectivity index (χ3n) is 2.17. The van der Waals surface area contributed by atoms with Gasteiger partial charge in [0.2, 0.25) is 0 Å². The summed E-state index contributed by atoms with van der Waals surface area (Å²) in [7, 11) is 0. The van der Waals surface area contributed by atoms with Crippen LogP contribution in [0.2, 0.25) is 0 Å². The van der Waals surface area contributed by atoms with Crippen LogP contribution >= 0.6 is 11.8 Å². The van der Waals surface area contributed by atoms with Crippen LogP contribution < -0.4 is 11.3 Å². The zero-order valence-electron chi connectivity index (χ0n) is 9.99. The number of H-pyrrole nitrogens is 1. The molecule has 98 valence electrons. The first-order valence-electron chi connectivity index (χ1n) is 5.28. The first kappa shape index (κ1) is 13.1. The molecule has 19 heavy (non-hydrogen) atoms. The number of hydrogen-bond acceptors (Lipinski definition) is 6. The Hall–Kier alpha value is -2.35. The lowest BCUT2D eigenvalue weighted by atomic mass is 10.3. The van der Waals surface area contributed by atoms with Gasteiger partial charge >= 0.3 is 0 Å². The van der Waals surface area contributed by atoms with Gasteiger partial charge in [0.05, 0.1) is 0 Å². The fourth-order valence-electron chi connectivity index (χ4n) is 1.35. The average Bonchev–Trinajstić information content (AvgIpc) is 2.37. The standard InChI is InChI=1S/C11H11N5O2S/c1-6-4-9(17)15-11(14-6)19-7-2-3-8(13-5-7)10(12)16-18/h2-5,18H,1H3,(H2,12,16)(H,14,15,17). The Morgan fingerprint density at radius 1 is 1.53 bits per heavy atom. The maximum atomic E-state index is 11.3. The summed E-state index contributed by atoms with van der Waals surface area (Å²) in [6, 6.07) is 4.78. The number of aromatic amines is 1. The smallest absolute Gasteiger partial charge is 0.251 e. The molecule has 8 heteroatoms. The Morgan fingerprint density at radius 2 is 2.32 bits per heavy atom. The quantitative estimate of drug-likeness (QED) is 0.250. The van der Waals surface area contributed by atoms with Crippen molar-refractivity contribution in [2.45, 2.75) is 17.0 Å². The monoisotopic (exact) mass is 277 g/mol. The highest BCUT2D eigenvalue weighted by Crippen LogP contribution is 2.22. The van der Waals surface area contributed by atoms with Gasteiger partial charge in [0.25, 0.3) is 5.56 Å². The number of aromatic nitrogens is 3. The molecule has 0 atom stereocenters. The van der Waals surface area contributed by atoms with Crippen LogP contribution in [0.3, 0.4) is 0 Å². The predicted molar refractivity (Wildman–Crippen MR) is 70.5 cm³/mol. The molecule has 0 aliphatic rings. The van der Waals surface area contributed by atoms with Gasteiger partial charge in [-0.1, -0.05) is 16.9 Å². The van der Waals surface area contributed by atoms with Crippen molar-refractivity contribution in [2.75, 3.05) is 0 Å². The minimum absolute atomic E-state index is 0.0568. The third kappa shape index (κ3) is 3.32. The molecule has 0 fully saturated rings. The van der Waals surface area contributed by atoms with Crippen molar-refractivity contribution in [3.8, 4) is 0 Å². The Balaban J connectivity index is 2.22. The van der Waals surface area contributed by atoms with Crippen molar-refractivity contribution < 1.29 is 5.21 Å². The molecular formula is C11H11N5O2S. The number of oxime groups is 1. The van der Waals surface area contributed by atoms with E-state index in [4.69, 9.17) is 10.9 Å². The molecule has 0 bridgehead atoms. The number of aryl methyl sites for hydroxylation is 1. The zero-order chi connectivity index (χ0) is 13.8. The lowest BCUT2D eigenvalue weighted by Gasteiger charge is -2.02. The van der Waals surface area contributed by atoms with Gasteiger partial charge in [-0.2, -0.15) is 0 Å². The number of hydrogen-bond donors (Lipinski definition) is 3. The molecule has 0 amide bonds. The number of rotatable bonds is 3. The van der Waals surface area contributed by atoms with Gasteiger partial charge in [0.15, 0.2) is 11.0 Å². The molecule has 7 nitrogen and oxygen atoms in total. The average molecular weight is 277 g/mol. The van der Waals surface area contributed by atoms with Gasteiger partial charge in [-0.25, -0.2) is 4.98 Å². The minimum atomic E-state index is -0.198. The second-order valence-corrected chi connectivity index (χ2v) is 4.72. The highest BCUT2D eigenvalue weighted by atomic mass is 32.2. The minimum Gasteiger partial charge on any atom is -0.409 e. The van der Waals surface area contributed by atoms with Crippen LogP contribution in [0.25, 0.3) is 0 Å². The summed E-state index contributed by atoms with van der Waals surface area (Å²) in [5.74, 6) is -0.0568. The van der Waals surface area contributed by atoms with Gasteiger partial charge in [0.1, 0.15) is 5.69 Å². The van der Waals surface area contributed by atoms with E-state index in [0.29, 0.717) is 16.5 Å². The summed E-state index contributed by atoms with van der Waals surface area (Å²) in [4.78, 5) is 22.9. The second-order valence-electron chi connectivity index (χ2n) is 3.66. The molecule has 0 aliphatic carbocycles. The van der Waals surface area contributed by atoms with E-state index in [-0.39, 0.29) is 11.4 Å². The fraction of sp³-hybridized carbons (Fsp3) is 0.0909. The first-order chi connectivity index (χ1) is 9.08. The van der Waals surface area contributed by atoms with Crippen molar-refractivity contribution in [2.24, 2.45) is 10.9 Å². The zero-order valence-corrected chi connectivity index (χ0v) is 10.8. The van der Waals surface area contributed by atoms with E-state index < -0.39 is 0 Å². The van der Waals surface area contributed by atoms with Crippen LogP contribution in [-0.4, -0.2) is 26.0 Å². The van der Waals surface area contributed by atoms with Crippen molar-refractivity contribution in [3.05, 3.63) is 46.1 Å². The van der Waals surface area contributed by atoms with E-state index in [1.165, 1.54) is 17.8 Å². The van der Waals surface area contributed by atoms with Gasteiger partial charge in [-0.05, 0) is 19.1 Å². The van der Waals surface area contributed by atoms with Gasteiger partial charge in [0, 0.05) is 22.9 Å². The van der Waals surface area contributed by atoms with E-state index in [0.717, 1.165) is 4.90 Å². The van der Waals surface area contributed by atoms with Crippen LogP contribution in [-0.2, 0) is 0 Å². The largest absolute Gasteiger partial charge is 0.409 e. The van der Waals surface area contributed by atoms with E-state index in [1.807, 2.05) is 0 Å². The van der Waals surface area contributed by atoms with Gasteiger partial charge < -0.3 is 15.9 Å². The summed E-state index contributed by atoms with van der Waals surface area (Å²) >= 11 is 1.27. The van der Waals surface area contributed by atoms with Crippen molar-refractivity contribution in [1.82, 2.24) is 15.0 Å². The summed E-state index contributed by atoms with van der Waals surface area (Å²) in [5.41, 5.74) is 6.23. The molecule has 0 unspecified atom stereocenters. The lowest BCUT2D eigenvalue weighted by Crippen LogP contribution is -2.14. The van der Waals surface area contributed by atoms with Crippen LogP contribution in [0.4, 0.5) is 0 Å². The van der Waals surface area contributed by atoms with Crippen LogP contribution in [0.5, 0.6) is 0 Å². The Labute approximate surface area is 112 Å². The number of nitrogens with two attached hydrogens (primary N) is 1. The van der Waals surface area contributed by atoms with E-state index in [2.05, 4.69) is 20.1 Å². The molecule has 2 heterocycles. The molecule has 2 aromatic rings. The molecule has 4 N–H and O–H groups in total. The molecule has 2 rings (SSSR count). The molecule has 2 aromatic heterocycles. The summed E-state index contributed by atoms with van der Waals surface area (Å²) in [6.07, 6.45) is 1.56. The van der Waals surface area contributed by atoms with E-state index in [9.17, 15) is 4.79 Å². The van der Waals surface area contributed by atoms with Crippen molar-refractivity contribution in [1.29, 1.82) is 0 Å². The number of nitrogens with one attached hydrogen (secondary N) is 1. The van der Waals surface area contributed by atoms with E-state index >= 15 is 0 Å². The summed E-state index contributed by atoms with van der Waals surface area (Å²) in [6.45, 7) is 1.75. The Bertz CT molecular complexity index is 666. The molecule has 0 saturated heterocycles. The number of amidine groups is 1. The normalized spacial score (nSPS) is 11.5. The summed E-state index contributed by atoms with van der Waals surface area (Å²) in [5, 5.41) is 11.9. The summed E-state index contributed by atoms with van der Waals surface area (Å²) < 4.78 is 0. The molecule has 0 radical (unpaired) electrons. The number of pyridine rings is 1. The van der Waals surface area contributed by atoms with Crippen LogP contribution in [0.1, 0.15) is 11.4 Å². The highest BCUT2D eigenvalue weighted by molar-refractivity contribution is 7.99. The predicted octanol–water partition coefficient (Wildman–Crippen LogP) is 0.719. The molecule has 0 saturated carbocycles. The Morgan fingerprint density at radius 3 is 2.89 bits per heavy atom. The second kappa shape index (κ2) is 5.53. The van der Waals surface area contributed by atoms with Crippen LogP contribution in [0, 0.1) is 6.92 Å². The lowest BCUT2D eigenvalue weighted by molar-refractivity contribution is 0.318. The molecule has 0 aliphatic heterocycles. The Kier molecular flexibility index (Phi) is 3.81. The molecule has 0 aromatic carbocycles. The highest BCUT2D eigenvalue weighted by Gasteiger charge is 2.04. The molecular weight excluding hydrogens is 266 g/mol. The van der Waals surface area contributed by atoms with Crippen molar-refractivity contribution in [3.63, 3.8) is 0 Å². The SMILES string of the molecule is Cc1cc(=O)[nH]c(Sc2ccc(/C(N)=N/O)nc2)n1. The molecule has 0 spiro atoms. The third-order valence-corrected chi connectivity index (χ3v) is 3.03.